The first-order valence-electron chi connectivity index (χ1n) is 9.38. The number of carbonyl (C=O) groups is 1. The molecule has 4 aromatic rings. The Balaban J connectivity index is 1.41. The molecule has 0 fully saturated rings. The number of halogens is 1. The van der Waals surface area contributed by atoms with Crippen LogP contribution in [-0.4, -0.2) is 26.0 Å². The molecule has 2 heterocycles. The number of aryl methyl sites for hydroxylation is 1. The quantitative estimate of drug-likeness (QED) is 0.478. The van der Waals surface area contributed by atoms with Crippen LogP contribution in [0.2, 0.25) is 5.02 Å². The molecule has 0 atom stereocenters. The van der Waals surface area contributed by atoms with Gasteiger partial charge in [-0.05, 0) is 35.7 Å². The Morgan fingerprint density at radius 1 is 1.10 bits per heavy atom. The minimum Gasteiger partial charge on any atom is -0.339 e. The van der Waals surface area contributed by atoms with Crippen molar-refractivity contribution in [2.75, 3.05) is 5.32 Å². The molecule has 150 valence electrons. The molecule has 0 aliphatic heterocycles. The summed E-state index contributed by atoms with van der Waals surface area (Å²) in [7, 11) is 0. The second-order valence-corrected chi connectivity index (χ2v) is 7.05. The molecule has 0 aliphatic carbocycles. The zero-order valence-electron chi connectivity index (χ0n) is 16.0. The Morgan fingerprint density at radius 3 is 2.83 bits per heavy atom. The molecule has 0 radical (unpaired) electrons. The van der Waals surface area contributed by atoms with Gasteiger partial charge in [-0.3, -0.25) is 9.78 Å². The van der Waals surface area contributed by atoms with Gasteiger partial charge in [-0.25, -0.2) is 4.98 Å². The van der Waals surface area contributed by atoms with E-state index in [4.69, 9.17) is 16.1 Å². The maximum atomic E-state index is 12.5. The average Bonchev–Trinajstić information content (AvgIpc) is 3.23. The first-order chi connectivity index (χ1) is 14.7. The van der Waals surface area contributed by atoms with E-state index in [9.17, 15) is 4.79 Å². The highest BCUT2D eigenvalue weighted by atomic mass is 35.5. The molecule has 1 N–H and O–H groups in total. The summed E-state index contributed by atoms with van der Waals surface area (Å²) in [5, 5.41) is 7.59. The highest BCUT2D eigenvalue weighted by molar-refractivity contribution is 6.30. The van der Waals surface area contributed by atoms with Crippen molar-refractivity contribution in [3.8, 4) is 11.5 Å². The predicted octanol–water partition coefficient (Wildman–Crippen LogP) is 4.34. The van der Waals surface area contributed by atoms with Crippen LogP contribution in [0.5, 0.6) is 0 Å². The van der Waals surface area contributed by atoms with Crippen molar-refractivity contribution >= 4 is 23.2 Å². The van der Waals surface area contributed by atoms with Gasteiger partial charge in [0.2, 0.25) is 17.6 Å². The number of anilines is 1. The van der Waals surface area contributed by atoms with Gasteiger partial charge in [0.15, 0.2) is 0 Å². The molecule has 1 amide bonds. The van der Waals surface area contributed by atoms with Gasteiger partial charge < -0.3 is 9.84 Å². The molecular formula is C22H18ClN5O2. The summed E-state index contributed by atoms with van der Waals surface area (Å²) in [4.78, 5) is 25.0. The summed E-state index contributed by atoms with van der Waals surface area (Å²) in [5.41, 5.74) is 3.15. The molecule has 8 heteroatoms. The van der Waals surface area contributed by atoms with Gasteiger partial charge in [-0.2, -0.15) is 4.98 Å². The Bertz CT molecular complexity index is 1150. The van der Waals surface area contributed by atoms with E-state index in [1.54, 1.807) is 18.6 Å². The Hall–Kier alpha value is -3.58. The summed E-state index contributed by atoms with van der Waals surface area (Å²) in [6.07, 6.45) is 6.07. The lowest BCUT2D eigenvalue weighted by atomic mass is 10.1. The van der Waals surface area contributed by atoms with Crippen LogP contribution < -0.4 is 5.32 Å². The minimum absolute atomic E-state index is 0.0757. The number of benzene rings is 2. The molecule has 0 unspecified atom stereocenters. The van der Waals surface area contributed by atoms with E-state index >= 15 is 0 Å². The largest absolute Gasteiger partial charge is 0.339 e. The Morgan fingerprint density at radius 2 is 2.00 bits per heavy atom. The summed E-state index contributed by atoms with van der Waals surface area (Å²) in [5.74, 6) is 0.727. The van der Waals surface area contributed by atoms with Crippen LogP contribution in [0.15, 0.2) is 71.6 Å². The van der Waals surface area contributed by atoms with Gasteiger partial charge in [0, 0.05) is 29.5 Å². The van der Waals surface area contributed by atoms with Crippen LogP contribution >= 0.6 is 11.6 Å². The van der Waals surface area contributed by atoms with Crippen molar-refractivity contribution in [3.05, 3.63) is 89.2 Å². The standard InChI is InChI=1S/C22H18ClN5O2/c23-17-6-3-4-15(12-17)8-9-20(29)26-18-7-2-1-5-16(18)13-21-27-22(28-30-21)19-14-24-10-11-25-19/h1-7,10-12,14H,8-9,13H2,(H,26,29). The molecule has 0 saturated heterocycles. The number of aromatic nitrogens is 4. The molecule has 0 saturated carbocycles. The fourth-order valence-electron chi connectivity index (χ4n) is 2.97. The van der Waals surface area contributed by atoms with Crippen LogP contribution in [0, 0.1) is 0 Å². The SMILES string of the molecule is O=C(CCc1cccc(Cl)c1)Nc1ccccc1Cc1nc(-c2cnccn2)no1. The molecule has 0 spiro atoms. The van der Waals surface area contributed by atoms with Crippen molar-refractivity contribution in [1.82, 2.24) is 20.1 Å². The van der Waals surface area contributed by atoms with Crippen molar-refractivity contribution < 1.29 is 9.32 Å². The van der Waals surface area contributed by atoms with Gasteiger partial charge in [-0.1, -0.05) is 47.1 Å². The first kappa shape index (κ1) is 19.7. The maximum absolute atomic E-state index is 12.5. The van der Waals surface area contributed by atoms with Gasteiger partial charge >= 0.3 is 0 Å². The highest BCUT2D eigenvalue weighted by Gasteiger charge is 2.13. The van der Waals surface area contributed by atoms with Crippen molar-refractivity contribution in [2.45, 2.75) is 19.3 Å². The monoisotopic (exact) mass is 419 g/mol. The van der Waals surface area contributed by atoms with Gasteiger partial charge in [0.05, 0.1) is 12.6 Å². The molecule has 7 nitrogen and oxygen atoms in total. The number of para-hydroxylation sites is 1. The third-order valence-corrected chi connectivity index (χ3v) is 4.66. The fourth-order valence-corrected chi connectivity index (χ4v) is 3.18. The van der Waals surface area contributed by atoms with Crippen molar-refractivity contribution in [1.29, 1.82) is 0 Å². The van der Waals surface area contributed by atoms with E-state index in [1.807, 2.05) is 48.5 Å². The maximum Gasteiger partial charge on any atom is 0.231 e. The zero-order valence-corrected chi connectivity index (χ0v) is 16.7. The predicted molar refractivity (Wildman–Crippen MR) is 113 cm³/mol. The number of carbonyl (C=O) groups excluding carboxylic acids is 1. The summed E-state index contributed by atoms with van der Waals surface area (Å²) < 4.78 is 5.35. The minimum atomic E-state index is -0.0757. The highest BCUT2D eigenvalue weighted by Crippen LogP contribution is 2.21. The van der Waals surface area contributed by atoms with Gasteiger partial charge in [-0.15, -0.1) is 0 Å². The Labute approximate surface area is 178 Å². The van der Waals surface area contributed by atoms with Crippen LogP contribution in [0.3, 0.4) is 0 Å². The summed E-state index contributed by atoms with van der Waals surface area (Å²) in [6, 6.07) is 15.1. The smallest absolute Gasteiger partial charge is 0.231 e. The third kappa shape index (κ3) is 5.07. The third-order valence-electron chi connectivity index (χ3n) is 4.42. The molecule has 30 heavy (non-hydrogen) atoms. The number of hydrogen-bond donors (Lipinski definition) is 1. The molecular weight excluding hydrogens is 402 g/mol. The van der Waals surface area contributed by atoms with Crippen LogP contribution in [0.25, 0.3) is 11.5 Å². The van der Waals surface area contributed by atoms with E-state index in [-0.39, 0.29) is 5.91 Å². The van der Waals surface area contributed by atoms with E-state index in [0.717, 1.165) is 11.1 Å². The lowest BCUT2D eigenvalue weighted by Gasteiger charge is -2.10. The van der Waals surface area contributed by atoms with Gasteiger partial charge in [0.25, 0.3) is 0 Å². The molecule has 2 aromatic heterocycles. The fraction of sp³-hybridized carbons (Fsp3) is 0.136. The molecule has 0 aliphatic rings. The molecule has 0 bridgehead atoms. The topological polar surface area (TPSA) is 93.8 Å². The van der Waals surface area contributed by atoms with Crippen LogP contribution in [0.4, 0.5) is 5.69 Å². The van der Waals surface area contributed by atoms with Crippen LogP contribution in [-0.2, 0) is 17.6 Å². The Kier molecular flexibility index (Phi) is 6.10. The average molecular weight is 420 g/mol. The van der Waals surface area contributed by atoms with Crippen molar-refractivity contribution in [3.63, 3.8) is 0 Å². The second kappa shape index (κ2) is 9.28. The summed E-state index contributed by atoms with van der Waals surface area (Å²) >= 11 is 6.00. The number of nitrogens with one attached hydrogen (secondary N) is 1. The van der Waals surface area contributed by atoms with E-state index in [0.29, 0.717) is 47.4 Å². The summed E-state index contributed by atoms with van der Waals surface area (Å²) in [6.45, 7) is 0. The van der Waals surface area contributed by atoms with Gasteiger partial charge in [0.1, 0.15) is 5.69 Å². The number of nitrogens with zero attached hydrogens (tertiary/aromatic N) is 4. The molecule has 4 rings (SSSR count). The van der Waals surface area contributed by atoms with Crippen LogP contribution in [0.1, 0.15) is 23.4 Å². The zero-order chi connectivity index (χ0) is 20.8. The van der Waals surface area contributed by atoms with E-state index in [2.05, 4.69) is 25.4 Å². The normalized spacial score (nSPS) is 10.7. The van der Waals surface area contributed by atoms with E-state index in [1.165, 1.54) is 0 Å². The lowest BCUT2D eigenvalue weighted by Crippen LogP contribution is -2.14. The first-order valence-corrected chi connectivity index (χ1v) is 9.76. The number of amides is 1. The lowest BCUT2D eigenvalue weighted by molar-refractivity contribution is -0.116. The number of rotatable bonds is 7. The van der Waals surface area contributed by atoms with E-state index < -0.39 is 0 Å². The number of hydrogen-bond acceptors (Lipinski definition) is 6. The van der Waals surface area contributed by atoms with Crippen molar-refractivity contribution in [2.24, 2.45) is 0 Å². The molecule has 2 aromatic carbocycles. The second-order valence-electron chi connectivity index (χ2n) is 6.61.